The standard InChI is InChI=1S/C8H2BrCl2FN2O/c9-4-3(10)1-2-6(5(4)12)13-8(11)14-7(2)15/h1H,(H,13,14,15). The van der Waals surface area contributed by atoms with E-state index in [1.54, 1.807) is 0 Å². The van der Waals surface area contributed by atoms with Crippen molar-refractivity contribution in [2.75, 3.05) is 0 Å². The maximum Gasteiger partial charge on any atom is 0.259 e. The number of halogens is 4. The number of rotatable bonds is 0. The molecule has 2 rings (SSSR count). The minimum atomic E-state index is -0.703. The van der Waals surface area contributed by atoms with Gasteiger partial charge in [-0.1, -0.05) is 11.6 Å². The highest BCUT2D eigenvalue weighted by Crippen LogP contribution is 2.30. The van der Waals surface area contributed by atoms with Crippen LogP contribution in [-0.4, -0.2) is 9.97 Å². The van der Waals surface area contributed by atoms with E-state index in [9.17, 15) is 9.18 Å². The molecule has 1 heterocycles. The van der Waals surface area contributed by atoms with Crippen LogP contribution in [0.4, 0.5) is 4.39 Å². The number of fused-ring (bicyclic) bond motifs is 1. The zero-order chi connectivity index (χ0) is 11.2. The second-order valence-electron chi connectivity index (χ2n) is 2.74. The Balaban J connectivity index is 3.05. The fourth-order valence-corrected chi connectivity index (χ4v) is 1.82. The van der Waals surface area contributed by atoms with Crippen molar-refractivity contribution in [1.29, 1.82) is 0 Å². The Hall–Kier alpha value is -0.650. The average molecular weight is 312 g/mol. The van der Waals surface area contributed by atoms with Crippen LogP contribution in [0, 0.1) is 5.82 Å². The molecule has 0 unspecified atom stereocenters. The lowest BCUT2D eigenvalue weighted by Gasteiger charge is -2.02. The van der Waals surface area contributed by atoms with Gasteiger partial charge in [-0.3, -0.25) is 9.78 Å². The molecule has 78 valence electrons. The third-order valence-corrected chi connectivity index (χ3v) is 3.29. The number of H-pyrrole nitrogens is 1. The Labute approximate surface area is 101 Å². The smallest absolute Gasteiger partial charge is 0.259 e. The van der Waals surface area contributed by atoms with Crippen LogP contribution in [0.2, 0.25) is 10.3 Å². The van der Waals surface area contributed by atoms with Crippen molar-refractivity contribution in [3.63, 3.8) is 0 Å². The van der Waals surface area contributed by atoms with Gasteiger partial charge in [0.1, 0.15) is 5.52 Å². The van der Waals surface area contributed by atoms with Gasteiger partial charge in [0.25, 0.3) is 5.56 Å². The number of benzene rings is 1. The van der Waals surface area contributed by atoms with Crippen LogP contribution in [0.3, 0.4) is 0 Å². The first-order chi connectivity index (χ1) is 7.00. The van der Waals surface area contributed by atoms with Crippen LogP contribution in [0.15, 0.2) is 15.3 Å². The molecule has 0 aliphatic rings. The zero-order valence-electron chi connectivity index (χ0n) is 6.94. The molecule has 0 spiro atoms. The third-order valence-electron chi connectivity index (χ3n) is 1.81. The van der Waals surface area contributed by atoms with Crippen LogP contribution in [0.5, 0.6) is 0 Å². The zero-order valence-corrected chi connectivity index (χ0v) is 10.0. The molecular weight excluding hydrogens is 310 g/mol. The van der Waals surface area contributed by atoms with Crippen molar-refractivity contribution in [2.45, 2.75) is 0 Å². The van der Waals surface area contributed by atoms with Gasteiger partial charge in [0, 0.05) is 0 Å². The average Bonchev–Trinajstić information content (AvgIpc) is 2.17. The molecule has 0 bridgehead atoms. The number of aromatic amines is 1. The minimum Gasteiger partial charge on any atom is -0.297 e. The molecule has 7 heteroatoms. The first-order valence-corrected chi connectivity index (χ1v) is 5.28. The summed E-state index contributed by atoms with van der Waals surface area (Å²) in [7, 11) is 0. The van der Waals surface area contributed by atoms with E-state index in [0.29, 0.717) is 0 Å². The monoisotopic (exact) mass is 310 g/mol. The van der Waals surface area contributed by atoms with E-state index in [-0.39, 0.29) is 25.7 Å². The first-order valence-electron chi connectivity index (χ1n) is 3.73. The SMILES string of the molecule is O=c1[nH]c(Cl)nc2c(F)c(Br)c(Cl)cc12. The Kier molecular flexibility index (Phi) is 2.70. The molecule has 1 aromatic heterocycles. The summed E-state index contributed by atoms with van der Waals surface area (Å²) in [6, 6.07) is 1.33. The summed E-state index contributed by atoms with van der Waals surface area (Å²) in [5, 5.41) is 0.000319. The highest BCUT2D eigenvalue weighted by Gasteiger charge is 2.14. The van der Waals surface area contributed by atoms with Crippen LogP contribution in [-0.2, 0) is 0 Å². The van der Waals surface area contributed by atoms with Gasteiger partial charge in [-0.25, -0.2) is 9.37 Å². The molecule has 15 heavy (non-hydrogen) atoms. The van der Waals surface area contributed by atoms with Crippen molar-refractivity contribution in [3.8, 4) is 0 Å². The van der Waals surface area contributed by atoms with Crippen molar-refractivity contribution in [2.24, 2.45) is 0 Å². The predicted molar refractivity (Wildman–Crippen MR) is 60.0 cm³/mol. The van der Waals surface area contributed by atoms with Gasteiger partial charge in [-0.15, -0.1) is 0 Å². The number of nitrogens with zero attached hydrogens (tertiary/aromatic N) is 1. The molecule has 0 fully saturated rings. The first kappa shape index (κ1) is 10.9. The number of aromatic nitrogens is 2. The Morgan fingerprint density at radius 1 is 1.47 bits per heavy atom. The van der Waals surface area contributed by atoms with Gasteiger partial charge >= 0.3 is 0 Å². The van der Waals surface area contributed by atoms with E-state index in [0.717, 1.165) is 0 Å². The van der Waals surface area contributed by atoms with Gasteiger partial charge < -0.3 is 0 Å². The third kappa shape index (κ3) is 1.75. The van der Waals surface area contributed by atoms with Crippen LogP contribution in [0.1, 0.15) is 0 Å². The Morgan fingerprint density at radius 2 is 2.13 bits per heavy atom. The molecule has 0 aliphatic carbocycles. The van der Waals surface area contributed by atoms with E-state index < -0.39 is 11.4 Å². The molecule has 0 atom stereocenters. The largest absolute Gasteiger partial charge is 0.297 e. The molecule has 2 aromatic rings. The summed E-state index contributed by atoms with van der Waals surface area (Å²) in [5.74, 6) is -0.703. The van der Waals surface area contributed by atoms with Crippen molar-refractivity contribution >= 4 is 50.0 Å². The lowest BCUT2D eigenvalue weighted by Crippen LogP contribution is -2.09. The van der Waals surface area contributed by atoms with E-state index in [1.807, 2.05) is 0 Å². The number of nitrogens with one attached hydrogen (secondary N) is 1. The minimum absolute atomic E-state index is 0.0603. The lowest BCUT2D eigenvalue weighted by atomic mass is 10.2. The summed E-state index contributed by atoms with van der Waals surface area (Å²) in [6.07, 6.45) is 0. The van der Waals surface area contributed by atoms with E-state index in [1.165, 1.54) is 6.07 Å². The molecule has 0 radical (unpaired) electrons. The molecule has 0 aliphatic heterocycles. The van der Waals surface area contributed by atoms with Gasteiger partial charge in [0.2, 0.25) is 5.28 Å². The summed E-state index contributed by atoms with van der Waals surface area (Å²) >= 11 is 14.2. The maximum atomic E-state index is 13.6. The fraction of sp³-hybridized carbons (Fsp3) is 0. The van der Waals surface area contributed by atoms with Crippen molar-refractivity contribution in [1.82, 2.24) is 9.97 Å². The van der Waals surface area contributed by atoms with Crippen molar-refractivity contribution < 1.29 is 4.39 Å². The highest BCUT2D eigenvalue weighted by molar-refractivity contribution is 9.10. The number of hydrogen-bond acceptors (Lipinski definition) is 2. The molecule has 1 aromatic carbocycles. The number of hydrogen-bond donors (Lipinski definition) is 1. The second-order valence-corrected chi connectivity index (χ2v) is 4.30. The van der Waals surface area contributed by atoms with E-state index in [2.05, 4.69) is 25.9 Å². The molecule has 0 amide bonds. The normalized spacial score (nSPS) is 10.9. The topological polar surface area (TPSA) is 45.8 Å². The van der Waals surface area contributed by atoms with Crippen LogP contribution >= 0.6 is 39.1 Å². The van der Waals surface area contributed by atoms with Crippen LogP contribution < -0.4 is 5.56 Å². The molecule has 0 saturated carbocycles. The van der Waals surface area contributed by atoms with E-state index >= 15 is 0 Å². The molecule has 3 nitrogen and oxygen atoms in total. The summed E-state index contributed by atoms with van der Waals surface area (Å²) in [4.78, 5) is 17.3. The molecule has 0 saturated heterocycles. The van der Waals surface area contributed by atoms with E-state index in [4.69, 9.17) is 23.2 Å². The summed E-state index contributed by atoms with van der Waals surface area (Å²) in [5.41, 5.74) is -0.640. The fourth-order valence-electron chi connectivity index (χ4n) is 1.15. The predicted octanol–water partition coefficient (Wildman–Crippen LogP) is 3.13. The Bertz CT molecular complexity index is 614. The lowest BCUT2D eigenvalue weighted by molar-refractivity contribution is 0.630. The highest BCUT2D eigenvalue weighted by atomic mass is 79.9. The van der Waals surface area contributed by atoms with Gasteiger partial charge in [-0.2, -0.15) is 0 Å². The van der Waals surface area contributed by atoms with Gasteiger partial charge in [0.15, 0.2) is 5.82 Å². The van der Waals surface area contributed by atoms with Crippen LogP contribution in [0.25, 0.3) is 10.9 Å². The molecule has 1 N–H and O–H groups in total. The van der Waals surface area contributed by atoms with Gasteiger partial charge in [0.05, 0.1) is 14.9 Å². The molecular formula is C8H2BrCl2FN2O. The van der Waals surface area contributed by atoms with Gasteiger partial charge in [-0.05, 0) is 33.6 Å². The summed E-state index contributed by atoms with van der Waals surface area (Å²) in [6.45, 7) is 0. The second kappa shape index (κ2) is 3.73. The van der Waals surface area contributed by atoms with Crippen molar-refractivity contribution in [3.05, 3.63) is 37.0 Å². The summed E-state index contributed by atoms with van der Waals surface area (Å²) < 4.78 is 13.7. The maximum absolute atomic E-state index is 13.6. The Morgan fingerprint density at radius 3 is 2.80 bits per heavy atom. The quantitative estimate of drug-likeness (QED) is 0.600.